The Balaban J connectivity index is 1.96. The molecule has 1 amide bonds. The van der Waals surface area contributed by atoms with Gasteiger partial charge in [0.15, 0.2) is 5.82 Å². The van der Waals surface area contributed by atoms with Crippen LogP contribution in [0, 0.1) is 6.92 Å². The topological polar surface area (TPSA) is 119 Å². The van der Waals surface area contributed by atoms with Crippen LogP contribution in [0.25, 0.3) is 0 Å². The number of rotatable bonds is 5. The number of hydrogen-bond acceptors (Lipinski definition) is 6. The summed E-state index contributed by atoms with van der Waals surface area (Å²) in [5.74, 6) is -1.49. The molecule has 0 radical (unpaired) electrons. The summed E-state index contributed by atoms with van der Waals surface area (Å²) in [5.41, 5.74) is -1.54. The largest absolute Gasteiger partial charge is 0.416 e. The summed E-state index contributed by atoms with van der Waals surface area (Å²) in [6.07, 6.45) is -2.58. The molecule has 3 rings (SSSR count). The molecule has 0 fully saturated rings. The highest BCUT2D eigenvalue weighted by atomic mass is 35.5. The maximum atomic E-state index is 13.2. The zero-order chi connectivity index (χ0) is 23.0. The van der Waals surface area contributed by atoms with Gasteiger partial charge in [-0.3, -0.25) is 9.52 Å². The lowest BCUT2D eigenvalue weighted by molar-refractivity contribution is -0.138. The fourth-order valence-electron chi connectivity index (χ4n) is 2.42. The van der Waals surface area contributed by atoms with Gasteiger partial charge in [-0.25, -0.2) is 17.5 Å². The van der Waals surface area contributed by atoms with E-state index in [2.05, 4.69) is 25.2 Å². The van der Waals surface area contributed by atoms with Crippen LogP contribution >= 0.6 is 23.4 Å². The van der Waals surface area contributed by atoms with Crippen LogP contribution in [0.15, 0.2) is 41.7 Å². The molecule has 0 aliphatic rings. The standard InChI is InChI=1S/C16H11Cl2F3N6O3S/c1-8-2-3-10(5-11(8)16(19,20)21)31(29,30)26-12-4-9(17)6-22-13(12)24-15(28)14-25-23-7-27(14)18/h2-7,26H,1H3,(H,22,24,28). The Hall–Kier alpha value is -2.90. The summed E-state index contributed by atoms with van der Waals surface area (Å²) in [6, 6.07) is 3.67. The minimum atomic E-state index is -4.75. The average molecular weight is 495 g/mol. The normalized spacial score (nSPS) is 11.9. The molecule has 164 valence electrons. The number of carbonyl (C=O) groups excluding carboxylic acids is 1. The predicted octanol–water partition coefficient (Wildman–Crippen LogP) is 3.71. The second-order valence-corrected chi connectivity index (χ2v) is 8.53. The monoisotopic (exact) mass is 494 g/mol. The number of aromatic nitrogens is 4. The number of anilines is 2. The van der Waals surface area contributed by atoms with Crippen molar-refractivity contribution in [2.45, 2.75) is 18.0 Å². The van der Waals surface area contributed by atoms with Crippen molar-refractivity contribution in [2.75, 3.05) is 10.0 Å². The number of benzene rings is 1. The maximum absolute atomic E-state index is 13.2. The van der Waals surface area contributed by atoms with Crippen molar-refractivity contribution < 1.29 is 26.4 Å². The van der Waals surface area contributed by atoms with Crippen molar-refractivity contribution in [1.82, 2.24) is 19.3 Å². The molecule has 0 saturated heterocycles. The van der Waals surface area contributed by atoms with Crippen molar-refractivity contribution in [3.8, 4) is 0 Å². The van der Waals surface area contributed by atoms with E-state index in [1.54, 1.807) is 0 Å². The van der Waals surface area contributed by atoms with E-state index in [1.165, 1.54) is 6.92 Å². The Labute approximate surface area is 183 Å². The van der Waals surface area contributed by atoms with E-state index in [0.29, 0.717) is 6.07 Å². The molecule has 2 aromatic heterocycles. The summed E-state index contributed by atoms with van der Waals surface area (Å²) < 4.78 is 67.8. The molecule has 0 aliphatic heterocycles. The third-order valence-corrected chi connectivity index (χ3v) is 5.68. The van der Waals surface area contributed by atoms with Crippen LogP contribution < -0.4 is 10.0 Å². The number of carbonyl (C=O) groups is 1. The zero-order valence-corrected chi connectivity index (χ0v) is 17.6. The van der Waals surface area contributed by atoms with E-state index in [0.717, 1.165) is 34.8 Å². The fraction of sp³-hybridized carbons (Fsp3) is 0.125. The molecule has 0 saturated carbocycles. The van der Waals surface area contributed by atoms with Crippen LogP contribution in [0.2, 0.25) is 5.02 Å². The number of sulfonamides is 1. The minimum Gasteiger partial charge on any atom is -0.302 e. The molecule has 9 nitrogen and oxygen atoms in total. The number of nitrogens with zero attached hydrogens (tertiary/aromatic N) is 4. The first-order valence-corrected chi connectivity index (χ1v) is 10.3. The number of amides is 1. The highest BCUT2D eigenvalue weighted by Crippen LogP contribution is 2.34. The van der Waals surface area contributed by atoms with Gasteiger partial charge in [-0.1, -0.05) is 17.7 Å². The molecule has 0 atom stereocenters. The summed E-state index contributed by atoms with van der Waals surface area (Å²) in [4.78, 5) is 15.5. The van der Waals surface area contributed by atoms with Gasteiger partial charge in [-0.15, -0.1) is 10.2 Å². The van der Waals surface area contributed by atoms with Crippen LogP contribution in [0.1, 0.15) is 21.7 Å². The minimum absolute atomic E-state index is 0.00361. The van der Waals surface area contributed by atoms with Gasteiger partial charge >= 0.3 is 6.18 Å². The van der Waals surface area contributed by atoms with E-state index < -0.39 is 32.6 Å². The van der Waals surface area contributed by atoms with Gasteiger partial charge in [0.2, 0.25) is 5.82 Å². The lowest BCUT2D eigenvalue weighted by Crippen LogP contribution is -2.20. The Kier molecular flexibility index (Phi) is 6.11. The average Bonchev–Trinajstić information content (AvgIpc) is 3.09. The van der Waals surface area contributed by atoms with Crippen LogP contribution in [-0.4, -0.2) is 33.6 Å². The van der Waals surface area contributed by atoms with Gasteiger partial charge in [0.25, 0.3) is 15.9 Å². The Morgan fingerprint density at radius 1 is 1.23 bits per heavy atom. The van der Waals surface area contributed by atoms with E-state index in [-0.39, 0.29) is 27.9 Å². The third kappa shape index (κ3) is 5.06. The summed E-state index contributed by atoms with van der Waals surface area (Å²) in [7, 11) is -4.51. The molecule has 31 heavy (non-hydrogen) atoms. The van der Waals surface area contributed by atoms with Gasteiger partial charge in [-0.2, -0.15) is 13.2 Å². The summed E-state index contributed by atoms with van der Waals surface area (Å²) in [5, 5.41) is 9.20. The molecular formula is C16H11Cl2F3N6O3S. The van der Waals surface area contributed by atoms with Gasteiger partial charge in [0.1, 0.15) is 6.33 Å². The van der Waals surface area contributed by atoms with E-state index in [4.69, 9.17) is 23.4 Å². The first-order valence-electron chi connectivity index (χ1n) is 8.12. The molecule has 3 aromatic rings. The van der Waals surface area contributed by atoms with Crippen LogP contribution in [0.5, 0.6) is 0 Å². The maximum Gasteiger partial charge on any atom is 0.416 e. The second kappa shape index (κ2) is 8.32. The quantitative estimate of drug-likeness (QED) is 0.557. The van der Waals surface area contributed by atoms with Crippen molar-refractivity contribution in [2.24, 2.45) is 0 Å². The van der Waals surface area contributed by atoms with E-state index in [1.807, 2.05) is 0 Å². The first kappa shape index (κ1) is 22.8. The lowest BCUT2D eigenvalue weighted by Gasteiger charge is -2.15. The zero-order valence-electron chi connectivity index (χ0n) is 15.3. The molecule has 0 aliphatic carbocycles. The molecule has 2 heterocycles. The van der Waals surface area contributed by atoms with Gasteiger partial charge in [0, 0.05) is 18.0 Å². The lowest BCUT2D eigenvalue weighted by atomic mass is 10.1. The molecule has 1 aromatic carbocycles. The van der Waals surface area contributed by atoms with Crippen LogP contribution in [0.3, 0.4) is 0 Å². The van der Waals surface area contributed by atoms with E-state index >= 15 is 0 Å². The molecule has 0 unspecified atom stereocenters. The first-order chi connectivity index (χ1) is 14.4. The highest BCUT2D eigenvalue weighted by Gasteiger charge is 2.34. The second-order valence-electron chi connectivity index (χ2n) is 6.05. The van der Waals surface area contributed by atoms with Crippen LogP contribution in [0.4, 0.5) is 24.7 Å². The SMILES string of the molecule is Cc1ccc(S(=O)(=O)Nc2cc(Cl)cnc2NC(=O)c2nncn2Cl)cc1C(F)(F)F. The summed E-state index contributed by atoms with van der Waals surface area (Å²) >= 11 is 11.6. The van der Waals surface area contributed by atoms with E-state index in [9.17, 15) is 26.4 Å². The Bertz CT molecular complexity index is 1260. The number of halogens is 5. The number of hydrogen-bond donors (Lipinski definition) is 2. The van der Waals surface area contributed by atoms with Crippen molar-refractivity contribution >= 4 is 50.8 Å². The highest BCUT2D eigenvalue weighted by molar-refractivity contribution is 7.92. The summed E-state index contributed by atoms with van der Waals surface area (Å²) in [6.45, 7) is 1.21. The Morgan fingerprint density at radius 3 is 2.55 bits per heavy atom. The molecular weight excluding hydrogens is 484 g/mol. The number of aryl methyl sites for hydroxylation is 1. The number of alkyl halides is 3. The Morgan fingerprint density at radius 2 is 1.94 bits per heavy atom. The van der Waals surface area contributed by atoms with Crippen molar-refractivity contribution in [3.05, 3.63) is 58.8 Å². The number of nitrogens with one attached hydrogen (secondary N) is 2. The van der Waals surface area contributed by atoms with Crippen molar-refractivity contribution in [1.29, 1.82) is 0 Å². The van der Waals surface area contributed by atoms with Gasteiger partial charge in [-0.05, 0) is 30.7 Å². The molecule has 0 bridgehead atoms. The van der Waals surface area contributed by atoms with Crippen molar-refractivity contribution in [3.63, 3.8) is 0 Å². The predicted molar refractivity (Wildman–Crippen MR) is 105 cm³/mol. The molecule has 15 heteroatoms. The fourth-order valence-corrected chi connectivity index (χ4v) is 3.81. The number of pyridine rings is 1. The smallest absolute Gasteiger partial charge is 0.302 e. The third-order valence-electron chi connectivity index (χ3n) is 3.87. The van der Waals surface area contributed by atoms with Gasteiger partial charge < -0.3 is 5.32 Å². The van der Waals surface area contributed by atoms with Gasteiger partial charge in [0.05, 0.1) is 21.2 Å². The molecule has 0 spiro atoms. The van der Waals surface area contributed by atoms with Crippen LogP contribution in [-0.2, 0) is 16.2 Å². The molecule has 2 N–H and O–H groups in total.